The van der Waals surface area contributed by atoms with Gasteiger partial charge in [-0.05, 0) is 23.1 Å². The van der Waals surface area contributed by atoms with E-state index in [0.717, 1.165) is 10.5 Å². The molecule has 0 unspecified atom stereocenters. The van der Waals surface area contributed by atoms with Gasteiger partial charge in [0, 0.05) is 7.05 Å². The number of halogens is 1. The third-order valence-corrected chi connectivity index (χ3v) is 2.78. The zero-order valence-electron chi connectivity index (χ0n) is 9.91. The van der Waals surface area contributed by atoms with E-state index in [1.807, 2.05) is 12.1 Å². The topological polar surface area (TPSA) is 40.5 Å². The molecule has 0 aliphatic heterocycles. The Kier molecular flexibility index (Phi) is 3.48. The highest BCUT2D eigenvalue weighted by atomic mass is 35.5. The maximum atomic E-state index is 10.9. The van der Waals surface area contributed by atoms with Crippen LogP contribution in [-0.2, 0) is 5.41 Å². The summed E-state index contributed by atoms with van der Waals surface area (Å²) in [4.78, 5) is 12.0. The average molecular weight is 242 g/mol. The predicted octanol–water partition coefficient (Wildman–Crippen LogP) is 3.75. The first-order chi connectivity index (χ1) is 7.23. The Morgan fingerprint density at radius 3 is 2.38 bits per heavy atom. The van der Waals surface area contributed by atoms with Gasteiger partial charge in [-0.3, -0.25) is 4.90 Å². The first-order valence-electron chi connectivity index (χ1n) is 5.00. The van der Waals surface area contributed by atoms with Crippen molar-refractivity contribution < 1.29 is 9.90 Å². The molecular formula is C12H16ClNO2. The maximum absolute atomic E-state index is 10.9. The van der Waals surface area contributed by atoms with E-state index in [-0.39, 0.29) is 5.41 Å². The summed E-state index contributed by atoms with van der Waals surface area (Å²) in [7, 11) is 1.48. The molecule has 1 N–H and O–H groups in total. The monoisotopic (exact) mass is 241 g/mol. The molecule has 0 heterocycles. The highest BCUT2D eigenvalue weighted by Gasteiger charge is 2.18. The Labute approximate surface area is 101 Å². The van der Waals surface area contributed by atoms with E-state index < -0.39 is 6.09 Å². The minimum atomic E-state index is -1.02. The summed E-state index contributed by atoms with van der Waals surface area (Å²) < 4.78 is 0. The third kappa shape index (κ3) is 2.67. The van der Waals surface area contributed by atoms with E-state index >= 15 is 0 Å². The molecule has 88 valence electrons. The van der Waals surface area contributed by atoms with Gasteiger partial charge >= 0.3 is 6.09 Å². The van der Waals surface area contributed by atoms with E-state index in [0.29, 0.717) is 10.7 Å². The van der Waals surface area contributed by atoms with Gasteiger partial charge in [0.15, 0.2) is 0 Å². The number of rotatable bonds is 1. The quantitative estimate of drug-likeness (QED) is 0.814. The maximum Gasteiger partial charge on any atom is 0.411 e. The van der Waals surface area contributed by atoms with Crippen LogP contribution in [0.1, 0.15) is 26.3 Å². The van der Waals surface area contributed by atoms with Crippen molar-refractivity contribution in [3.05, 3.63) is 28.8 Å². The van der Waals surface area contributed by atoms with Crippen molar-refractivity contribution in [3.8, 4) is 0 Å². The van der Waals surface area contributed by atoms with Gasteiger partial charge in [0.1, 0.15) is 0 Å². The summed E-state index contributed by atoms with van der Waals surface area (Å²) in [6.07, 6.45) is -1.02. The van der Waals surface area contributed by atoms with Crippen molar-refractivity contribution in [2.24, 2.45) is 0 Å². The zero-order chi connectivity index (χ0) is 12.5. The van der Waals surface area contributed by atoms with Gasteiger partial charge in [-0.15, -0.1) is 0 Å². The highest BCUT2D eigenvalue weighted by Crippen LogP contribution is 2.31. The van der Waals surface area contributed by atoms with Gasteiger partial charge in [-0.1, -0.05) is 38.4 Å². The minimum absolute atomic E-state index is 0.0291. The molecule has 0 aliphatic carbocycles. The van der Waals surface area contributed by atoms with Gasteiger partial charge in [0.05, 0.1) is 10.7 Å². The van der Waals surface area contributed by atoms with Crippen LogP contribution in [0, 0.1) is 0 Å². The largest absolute Gasteiger partial charge is 0.465 e. The van der Waals surface area contributed by atoms with E-state index in [2.05, 4.69) is 20.8 Å². The third-order valence-electron chi connectivity index (χ3n) is 2.46. The lowest BCUT2D eigenvalue weighted by Crippen LogP contribution is -2.24. The van der Waals surface area contributed by atoms with Crippen LogP contribution in [0.2, 0.25) is 5.02 Å². The Bertz CT molecular complexity index is 410. The highest BCUT2D eigenvalue weighted by molar-refractivity contribution is 6.33. The molecule has 0 radical (unpaired) electrons. The van der Waals surface area contributed by atoms with E-state index in [1.54, 1.807) is 6.07 Å². The molecule has 0 bridgehead atoms. The first-order valence-corrected chi connectivity index (χ1v) is 5.38. The second kappa shape index (κ2) is 4.34. The molecule has 1 amide bonds. The zero-order valence-corrected chi connectivity index (χ0v) is 10.7. The molecule has 0 saturated heterocycles. The number of amides is 1. The molecule has 1 aromatic carbocycles. The van der Waals surface area contributed by atoms with Crippen LogP contribution >= 0.6 is 11.6 Å². The number of carboxylic acid groups (broad SMARTS) is 1. The molecule has 0 aliphatic rings. The molecular weight excluding hydrogens is 226 g/mol. The van der Waals surface area contributed by atoms with Gasteiger partial charge < -0.3 is 5.11 Å². The normalized spacial score (nSPS) is 11.3. The Balaban J connectivity index is 3.24. The molecule has 0 atom stereocenters. The van der Waals surface area contributed by atoms with Crippen molar-refractivity contribution in [2.75, 3.05) is 11.9 Å². The summed E-state index contributed by atoms with van der Waals surface area (Å²) in [5.41, 5.74) is 1.54. The lowest BCUT2D eigenvalue weighted by atomic mass is 9.87. The fourth-order valence-electron chi connectivity index (χ4n) is 1.34. The second-order valence-corrected chi connectivity index (χ2v) is 5.16. The van der Waals surface area contributed by atoms with Crippen LogP contribution in [0.15, 0.2) is 18.2 Å². The molecule has 0 saturated carbocycles. The summed E-state index contributed by atoms with van der Waals surface area (Å²) >= 11 is 5.98. The van der Waals surface area contributed by atoms with Gasteiger partial charge in [0.2, 0.25) is 0 Å². The molecule has 1 rings (SSSR count). The Hall–Kier alpha value is -1.22. The molecule has 1 aromatic rings. The fraction of sp³-hybridized carbons (Fsp3) is 0.417. The number of benzene rings is 1. The van der Waals surface area contributed by atoms with Crippen LogP contribution in [0.25, 0.3) is 0 Å². The summed E-state index contributed by atoms with van der Waals surface area (Å²) in [6, 6.07) is 5.47. The van der Waals surface area contributed by atoms with Crippen molar-refractivity contribution in [3.63, 3.8) is 0 Å². The Morgan fingerprint density at radius 1 is 1.38 bits per heavy atom. The van der Waals surface area contributed by atoms with Crippen LogP contribution in [0.4, 0.5) is 10.5 Å². The minimum Gasteiger partial charge on any atom is -0.465 e. The smallest absolute Gasteiger partial charge is 0.411 e. The average Bonchev–Trinajstić information content (AvgIpc) is 2.15. The van der Waals surface area contributed by atoms with Crippen LogP contribution in [0.3, 0.4) is 0 Å². The molecule has 0 fully saturated rings. The number of anilines is 1. The number of hydrogen-bond acceptors (Lipinski definition) is 1. The lowest BCUT2D eigenvalue weighted by molar-refractivity contribution is 0.203. The Morgan fingerprint density at radius 2 is 1.94 bits per heavy atom. The van der Waals surface area contributed by atoms with Crippen molar-refractivity contribution in [1.29, 1.82) is 0 Å². The van der Waals surface area contributed by atoms with Gasteiger partial charge in [-0.25, -0.2) is 4.79 Å². The van der Waals surface area contributed by atoms with Crippen molar-refractivity contribution in [1.82, 2.24) is 0 Å². The number of carbonyl (C=O) groups is 1. The van der Waals surface area contributed by atoms with Gasteiger partial charge in [-0.2, -0.15) is 0 Å². The first kappa shape index (κ1) is 12.8. The van der Waals surface area contributed by atoms with E-state index in [1.165, 1.54) is 7.05 Å². The van der Waals surface area contributed by atoms with Crippen LogP contribution < -0.4 is 4.90 Å². The van der Waals surface area contributed by atoms with Crippen molar-refractivity contribution in [2.45, 2.75) is 26.2 Å². The molecule has 3 nitrogen and oxygen atoms in total. The summed E-state index contributed by atoms with van der Waals surface area (Å²) in [5.74, 6) is 0. The standard InChI is InChI=1S/C12H16ClNO2/c1-12(2,3)8-5-6-9(13)10(7-8)14(4)11(15)16/h5-7H,1-4H3,(H,15,16). The summed E-state index contributed by atoms with van der Waals surface area (Å²) in [5, 5.41) is 9.36. The molecule has 0 spiro atoms. The number of hydrogen-bond donors (Lipinski definition) is 1. The second-order valence-electron chi connectivity index (χ2n) is 4.76. The van der Waals surface area contributed by atoms with E-state index in [9.17, 15) is 4.79 Å². The van der Waals surface area contributed by atoms with Crippen molar-refractivity contribution >= 4 is 23.4 Å². The number of nitrogens with zero attached hydrogens (tertiary/aromatic N) is 1. The SMILES string of the molecule is CN(C(=O)O)c1cc(C(C)(C)C)ccc1Cl. The predicted molar refractivity (Wildman–Crippen MR) is 66.6 cm³/mol. The lowest BCUT2D eigenvalue weighted by Gasteiger charge is -2.22. The molecule has 16 heavy (non-hydrogen) atoms. The molecule has 0 aromatic heterocycles. The van der Waals surface area contributed by atoms with Crippen LogP contribution in [-0.4, -0.2) is 18.2 Å². The fourth-order valence-corrected chi connectivity index (χ4v) is 1.58. The molecule has 4 heteroatoms. The van der Waals surface area contributed by atoms with Crippen LogP contribution in [0.5, 0.6) is 0 Å². The summed E-state index contributed by atoms with van der Waals surface area (Å²) in [6.45, 7) is 6.21. The van der Waals surface area contributed by atoms with E-state index in [4.69, 9.17) is 16.7 Å². The van der Waals surface area contributed by atoms with Gasteiger partial charge in [0.25, 0.3) is 0 Å².